The third kappa shape index (κ3) is 3.45. The first-order valence-corrected chi connectivity index (χ1v) is 8.63. The van der Waals surface area contributed by atoms with Crippen LogP contribution in [0, 0.1) is 5.82 Å². The Morgan fingerprint density at radius 2 is 1.88 bits per heavy atom. The number of ether oxygens (including phenoxy) is 1. The fourth-order valence-corrected chi connectivity index (χ4v) is 3.19. The molecule has 1 heterocycles. The summed E-state index contributed by atoms with van der Waals surface area (Å²) in [4.78, 5) is 2.25. The van der Waals surface area contributed by atoms with Gasteiger partial charge in [-0.2, -0.15) is 0 Å². The number of hydrogen-bond donors (Lipinski definition) is 0. The summed E-state index contributed by atoms with van der Waals surface area (Å²) < 4.78 is 21.0. The van der Waals surface area contributed by atoms with Crippen molar-refractivity contribution in [2.24, 2.45) is 0 Å². The van der Waals surface area contributed by atoms with Gasteiger partial charge in [0.25, 0.3) is 0 Å². The van der Waals surface area contributed by atoms with Crippen LogP contribution < -0.4 is 4.74 Å². The van der Waals surface area contributed by atoms with E-state index in [1.165, 1.54) is 0 Å². The minimum absolute atomic E-state index is 0.142. The highest BCUT2D eigenvalue weighted by atomic mass is 19.1. The van der Waals surface area contributed by atoms with Gasteiger partial charge in [0.05, 0.1) is 6.61 Å². The molecule has 0 radical (unpaired) electrons. The molecule has 3 rings (SSSR count). The van der Waals surface area contributed by atoms with E-state index in [4.69, 9.17) is 4.74 Å². The van der Waals surface area contributed by atoms with Crippen molar-refractivity contribution >= 4 is 0 Å². The highest BCUT2D eigenvalue weighted by Gasteiger charge is 2.16. The first kappa shape index (κ1) is 16.6. The fraction of sp³-hybridized carbons (Fsp3) is 0.333. The zero-order chi connectivity index (χ0) is 16.9. The van der Waals surface area contributed by atoms with Crippen molar-refractivity contribution in [2.75, 3.05) is 19.7 Å². The molecule has 0 amide bonds. The molecule has 0 spiro atoms. The zero-order valence-electron chi connectivity index (χ0n) is 14.2. The second-order valence-corrected chi connectivity index (χ2v) is 6.18. The number of benzene rings is 2. The Hall–Kier alpha value is -2.29. The monoisotopic (exact) mass is 325 g/mol. The largest absolute Gasteiger partial charge is 0.493 e. The molecule has 0 saturated heterocycles. The van der Waals surface area contributed by atoms with Crippen LogP contribution >= 0.6 is 0 Å². The topological polar surface area (TPSA) is 12.5 Å². The van der Waals surface area contributed by atoms with Gasteiger partial charge in [-0.1, -0.05) is 49.9 Å². The predicted molar refractivity (Wildman–Crippen MR) is 96.7 cm³/mol. The lowest BCUT2D eigenvalue weighted by molar-refractivity contribution is 0.281. The van der Waals surface area contributed by atoms with Crippen LogP contribution in [0.4, 0.5) is 4.39 Å². The molecule has 1 aliphatic heterocycles. The van der Waals surface area contributed by atoms with Gasteiger partial charge in [-0.15, -0.1) is 0 Å². The molecular formula is C21H24FNO. The standard InChI is InChI=1S/C21H24FNO/c1-3-13-23-14-11-17-7-6-9-19(21(17)22)18-8-4-5-10-20(18)24-15-12-16(23)2/h4-10H,2-3,11-15H2,1H3. The quantitative estimate of drug-likeness (QED) is 0.766. The molecule has 2 aromatic rings. The molecule has 24 heavy (non-hydrogen) atoms. The average Bonchev–Trinajstić information content (AvgIpc) is 2.59. The van der Waals surface area contributed by atoms with Crippen molar-refractivity contribution in [1.82, 2.24) is 4.90 Å². The lowest BCUT2D eigenvalue weighted by Gasteiger charge is -2.27. The molecule has 0 aromatic heterocycles. The smallest absolute Gasteiger partial charge is 0.134 e. The van der Waals surface area contributed by atoms with Crippen molar-refractivity contribution in [2.45, 2.75) is 26.2 Å². The van der Waals surface area contributed by atoms with Crippen LogP contribution in [0.5, 0.6) is 5.75 Å². The maximum atomic E-state index is 15.0. The SMILES string of the molecule is C=C1CCOc2ccccc2-c2cccc(c2F)CCN1CCC. The summed E-state index contributed by atoms with van der Waals surface area (Å²) in [6.45, 7) is 8.63. The summed E-state index contributed by atoms with van der Waals surface area (Å²) in [6, 6.07) is 13.3. The van der Waals surface area contributed by atoms with Gasteiger partial charge in [-0.3, -0.25) is 0 Å². The van der Waals surface area contributed by atoms with Gasteiger partial charge in [0.1, 0.15) is 11.6 Å². The highest BCUT2D eigenvalue weighted by molar-refractivity contribution is 5.71. The average molecular weight is 325 g/mol. The number of fused-ring (bicyclic) bond motifs is 4. The van der Waals surface area contributed by atoms with Crippen molar-refractivity contribution in [3.8, 4) is 16.9 Å². The molecular weight excluding hydrogens is 301 g/mol. The van der Waals surface area contributed by atoms with Gasteiger partial charge in [0.2, 0.25) is 0 Å². The van der Waals surface area contributed by atoms with E-state index in [1.54, 1.807) is 0 Å². The summed E-state index contributed by atoms with van der Waals surface area (Å²) in [7, 11) is 0. The van der Waals surface area contributed by atoms with Crippen LogP contribution in [0.1, 0.15) is 25.3 Å². The van der Waals surface area contributed by atoms with E-state index in [0.717, 1.165) is 48.5 Å². The molecule has 0 unspecified atom stereocenters. The van der Waals surface area contributed by atoms with Gasteiger partial charge >= 0.3 is 0 Å². The van der Waals surface area contributed by atoms with Crippen LogP contribution in [0.2, 0.25) is 0 Å². The lowest BCUT2D eigenvalue weighted by Crippen LogP contribution is -2.27. The summed E-state index contributed by atoms with van der Waals surface area (Å²) in [5, 5.41) is 0. The maximum Gasteiger partial charge on any atom is 0.134 e. The maximum absolute atomic E-state index is 15.0. The van der Waals surface area contributed by atoms with Crippen LogP contribution in [0.25, 0.3) is 11.1 Å². The predicted octanol–water partition coefficient (Wildman–Crippen LogP) is 5.04. The first-order chi connectivity index (χ1) is 11.7. The number of hydrogen-bond acceptors (Lipinski definition) is 2. The minimum atomic E-state index is -0.142. The summed E-state index contributed by atoms with van der Waals surface area (Å²) in [5.74, 6) is 0.583. The van der Waals surface area contributed by atoms with Crippen LogP contribution in [0.3, 0.4) is 0 Å². The second kappa shape index (κ2) is 7.52. The van der Waals surface area contributed by atoms with Crippen LogP contribution in [0.15, 0.2) is 54.7 Å². The third-order valence-corrected chi connectivity index (χ3v) is 4.50. The molecule has 0 aliphatic carbocycles. The van der Waals surface area contributed by atoms with Gasteiger partial charge in [-0.25, -0.2) is 4.39 Å². The second-order valence-electron chi connectivity index (χ2n) is 6.18. The normalized spacial score (nSPS) is 15.1. The fourth-order valence-electron chi connectivity index (χ4n) is 3.19. The van der Waals surface area contributed by atoms with E-state index < -0.39 is 0 Å². The molecule has 0 N–H and O–H groups in total. The minimum Gasteiger partial charge on any atom is -0.493 e. The van der Waals surface area contributed by atoms with Crippen molar-refractivity contribution in [1.29, 1.82) is 0 Å². The van der Waals surface area contributed by atoms with Gasteiger partial charge < -0.3 is 9.64 Å². The molecule has 2 aromatic carbocycles. The number of nitrogens with zero attached hydrogens (tertiary/aromatic N) is 1. The molecule has 1 aliphatic rings. The third-order valence-electron chi connectivity index (χ3n) is 4.50. The van der Waals surface area contributed by atoms with E-state index in [9.17, 15) is 0 Å². The first-order valence-electron chi connectivity index (χ1n) is 8.63. The highest BCUT2D eigenvalue weighted by Crippen LogP contribution is 2.33. The van der Waals surface area contributed by atoms with Crippen molar-refractivity contribution < 1.29 is 9.13 Å². The van der Waals surface area contributed by atoms with E-state index in [0.29, 0.717) is 18.6 Å². The van der Waals surface area contributed by atoms with E-state index in [-0.39, 0.29) is 5.82 Å². The summed E-state index contributed by atoms with van der Waals surface area (Å²) in [5.41, 5.74) is 3.24. The Morgan fingerprint density at radius 1 is 1.08 bits per heavy atom. The summed E-state index contributed by atoms with van der Waals surface area (Å²) in [6.07, 6.45) is 2.51. The van der Waals surface area contributed by atoms with Crippen molar-refractivity contribution in [3.05, 3.63) is 66.1 Å². The molecule has 0 saturated carbocycles. The zero-order valence-corrected chi connectivity index (χ0v) is 14.2. The molecule has 126 valence electrons. The van der Waals surface area contributed by atoms with E-state index >= 15 is 4.39 Å². The van der Waals surface area contributed by atoms with Crippen LogP contribution in [-0.4, -0.2) is 24.6 Å². The lowest BCUT2D eigenvalue weighted by atomic mass is 9.99. The molecule has 0 fully saturated rings. The Bertz CT molecular complexity index is 726. The number of para-hydroxylation sites is 1. The Morgan fingerprint density at radius 3 is 2.71 bits per heavy atom. The van der Waals surface area contributed by atoms with Gasteiger partial charge in [-0.05, 0) is 24.5 Å². The van der Waals surface area contributed by atoms with E-state index in [1.807, 2.05) is 42.5 Å². The van der Waals surface area contributed by atoms with E-state index in [2.05, 4.69) is 18.4 Å². The molecule has 2 nitrogen and oxygen atoms in total. The summed E-state index contributed by atoms with van der Waals surface area (Å²) >= 11 is 0. The van der Waals surface area contributed by atoms with Gasteiger partial charge in [0, 0.05) is 36.3 Å². The number of halogens is 1. The Labute approximate surface area is 143 Å². The van der Waals surface area contributed by atoms with Gasteiger partial charge in [0.15, 0.2) is 0 Å². The molecule has 3 heteroatoms. The Kier molecular flexibility index (Phi) is 5.19. The van der Waals surface area contributed by atoms with Crippen molar-refractivity contribution in [3.63, 3.8) is 0 Å². The van der Waals surface area contributed by atoms with Crippen LogP contribution in [-0.2, 0) is 6.42 Å². The molecule has 2 bridgehead atoms. The molecule has 0 atom stereocenters. The number of rotatable bonds is 2. The Balaban J connectivity index is 2.02.